The summed E-state index contributed by atoms with van der Waals surface area (Å²) in [6, 6.07) is 13.0. The van der Waals surface area contributed by atoms with Gasteiger partial charge in [-0.3, -0.25) is 19.4 Å². The number of nitrogens with zero attached hydrogens (tertiary/aromatic N) is 4. The molecule has 0 bridgehead atoms. The van der Waals surface area contributed by atoms with Crippen LogP contribution in [0.1, 0.15) is 46.5 Å². The third-order valence-corrected chi connectivity index (χ3v) is 6.61. The summed E-state index contributed by atoms with van der Waals surface area (Å²) in [4.78, 5) is 35.8. The fraction of sp³-hybridized carbons (Fsp3) is 0.560. The molecule has 0 spiro atoms. The van der Waals surface area contributed by atoms with Gasteiger partial charge in [0.05, 0.1) is 5.52 Å². The number of rotatable bonds is 6. The number of aromatic nitrogens is 1. The number of likely N-dealkylation sites (tertiary alicyclic amines) is 1. The lowest BCUT2D eigenvalue weighted by Gasteiger charge is -2.40. The van der Waals surface area contributed by atoms with Crippen LogP contribution >= 0.6 is 0 Å². The van der Waals surface area contributed by atoms with E-state index in [1.54, 1.807) is 0 Å². The molecule has 1 aromatic heterocycles. The summed E-state index contributed by atoms with van der Waals surface area (Å²) in [6.07, 6.45) is 2.82. The van der Waals surface area contributed by atoms with Crippen molar-refractivity contribution in [2.75, 3.05) is 37.6 Å². The van der Waals surface area contributed by atoms with Crippen molar-refractivity contribution in [2.24, 2.45) is 5.41 Å². The van der Waals surface area contributed by atoms with Crippen LogP contribution in [0, 0.1) is 5.41 Å². The molecule has 2 fully saturated rings. The highest BCUT2D eigenvalue weighted by Gasteiger charge is 2.37. The van der Waals surface area contributed by atoms with Crippen LogP contribution in [-0.4, -0.2) is 65.4 Å². The number of imide groups is 1. The average Bonchev–Trinajstić information content (AvgIpc) is 2.72. The molecular formula is C25H34N4O2. The van der Waals surface area contributed by atoms with Crippen LogP contribution in [0.5, 0.6) is 0 Å². The van der Waals surface area contributed by atoms with Crippen molar-refractivity contribution in [3.63, 3.8) is 0 Å². The van der Waals surface area contributed by atoms with Gasteiger partial charge in [-0.25, -0.2) is 4.98 Å². The van der Waals surface area contributed by atoms with Gasteiger partial charge in [0.25, 0.3) is 0 Å². The number of carbonyl (C=O) groups is 2. The van der Waals surface area contributed by atoms with Gasteiger partial charge >= 0.3 is 0 Å². The largest absolute Gasteiger partial charge is 0.354 e. The molecule has 2 aliphatic rings. The van der Waals surface area contributed by atoms with Crippen molar-refractivity contribution in [1.82, 2.24) is 14.8 Å². The summed E-state index contributed by atoms with van der Waals surface area (Å²) in [6.45, 7) is 10.8. The van der Waals surface area contributed by atoms with E-state index in [1.165, 1.54) is 10.3 Å². The van der Waals surface area contributed by atoms with Crippen LogP contribution in [0.25, 0.3) is 10.9 Å². The second-order valence-corrected chi connectivity index (χ2v) is 9.86. The number of unbranched alkanes of at least 4 members (excludes halogenated alkanes) is 1. The van der Waals surface area contributed by atoms with Gasteiger partial charge in [0.1, 0.15) is 5.82 Å². The first-order valence-electron chi connectivity index (χ1n) is 11.5. The van der Waals surface area contributed by atoms with Gasteiger partial charge in [0.15, 0.2) is 0 Å². The number of amides is 2. The average molecular weight is 423 g/mol. The minimum Gasteiger partial charge on any atom is -0.354 e. The first-order valence-corrected chi connectivity index (χ1v) is 11.5. The molecule has 0 N–H and O–H groups in total. The van der Waals surface area contributed by atoms with Gasteiger partial charge in [0, 0.05) is 50.4 Å². The lowest BCUT2D eigenvalue weighted by Crippen LogP contribution is -2.52. The van der Waals surface area contributed by atoms with Crippen LogP contribution in [-0.2, 0) is 9.59 Å². The molecule has 2 amide bonds. The minimum absolute atomic E-state index is 0.00822. The molecule has 0 saturated carbocycles. The smallest absolute Gasteiger partial charge is 0.229 e. The van der Waals surface area contributed by atoms with Crippen molar-refractivity contribution >= 4 is 28.5 Å². The lowest BCUT2D eigenvalue weighted by molar-refractivity contribution is -0.152. The number of para-hydroxylation sites is 1. The van der Waals surface area contributed by atoms with Gasteiger partial charge in [-0.05, 0) is 49.9 Å². The van der Waals surface area contributed by atoms with E-state index in [0.29, 0.717) is 25.4 Å². The quantitative estimate of drug-likeness (QED) is 0.525. The van der Waals surface area contributed by atoms with Crippen LogP contribution in [0.2, 0.25) is 0 Å². The van der Waals surface area contributed by atoms with Gasteiger partial charge < -0.3 is 4.90 Å². The van der Waals surface area contributed by atoms with Crippen LogP contribution in [0.4, 0.5) is 5.82 Å². The van der Waals surface area contributed by atoms with Crippen molar-refractivity contribution < 1.29 is 9.59 Å². The fourth-order valence-electron chi connectivity index (χ4n) is 4.81. The van der Waals surface area contributed by atoms with Gasteiger partial charge in [-0.15, -0.1) is 0 Å². The second kappa shape index (κ2) is 8.95. The summed E-state index contributed by atoms with van der Waals surface area (Å²) in [5.74, 6) is 1.03. The maximum Gasteiger partial charge on any atom is 0.229 e. The van der Waals surface area contributed by atoms with E-state index in [-0.39, 0.29) is 17.2 Å². The van der Waals surface area contributed by atoms with E-state index < -0.39 is 0 Å². The third-order valence-electron chi connectivity index (χ3n) is 6.61. The Kier molecular flexibility index (Phi) is 6.28. The molecule has 1 aromatic carbocycles. The molecule has 2 aromatic rings. The Morgan fingerprint density at radius 2 is 1.68 bits per heavy atom. The Labute approximate surface area is 185 Å². The van der Waals surface area contributed by atoms with E-state index in [1.807, 2.05) is 26.0 Å². The fourth-order valence-corrected chi connectivity index (χ4v) is 4.81. The Hall–Kier alpha value is -2.47. The molecule has 2 aliphatic heterocycles. The van der Waals surface area contributed by atoms with Crippen LogP contribution in [0.15, 0.2) is 36.4 Å². The maximum atomic E-state index is 12.3. The number of carbonyl (C=O) groups excluding carboxylic acids is 2. The number of anilines is 1. The van der Waals surface area contributed by atoms with E-state index in [4.69, 9.17) is 4.98 Å². The molecule has 6 nitrogen and oxygen atoms in total. The zero-order valence-electron chi connectivity index (χ0n) is 19.0. The zero-order valence-corrected chi connectivity index (χ0v) is 19.0. The number of hydrogen-bond acceptors (Lipinski definition) is 5. The molecule has 3 heterocycles. The van der Waals surface area contributed by atoms with E-state index in [9.17, 15) is 9.59 Å². The van der Waals surface area contributed by atoms with Crippen molar-refractivity contribution in [3.05, 3.63) is 36.4 Å². The van der Waals surface area contributed by atoms with E-state index >= 15 is 0 Å². The Balaban J connectivity index is 1.24. The molecule has 1 atom stereocenters. The number of piperazine rings is 1. The topological polar surface area (TPSA) is 56.8 Å². The standard InChI is InChI=1S/C25H34N4O2/c1-19-18-28(22-11-10-20-8-4-5-9-21(20)26-22)15-14-27(19)12-6-7-13-29-23(30)16-25(2,3)17-24(29)31/h4-5,8-11,19H,6-7,12-18H2,1-3H3. The van der Waals surface area contributed by atoms with Gasteiger partial charge in [0.2, 0.25) is 11.8 Å². The van der Waals surface area contributed by atoms with Crippen molar-refractivity contribution in [2.45, 2.75) is 52.5 Å². The lowest BCUT2D eigenvalue weighted by atomic mass is 9.82. The Morgan fingerprint density at radius 1 is 0.968 bits per heavy atom. The molecule has 6 heteroatoms. The summed E-state index contributed by atoms with van der Waals surface area (Å²) in [7, 11) is 0. The van der Waals surface area contributed by atoms with Gasteiger partial charge in [-0.2, -0.15) is 0 Å². The second-order valence-electron chi connectivity index (χ2n) is 9.86. The molecule has 0 radical (unpaired) electrons. The highest BCUT2D eigenvalue weighted by molar-refractivity contribution is 5.98. The highest BCUT2D eigenvalue weighted by atomic mass is 16.2. The zero-order chi connectivity index (χ0) is 22.0. The first kappa shape index (κ1) is 21.8. The van der Waals surface area contributed by atoms with Crippen molar-refractivity contribution in [1.29, 1.82) is 0 Å². The van der Waals surface area contributed by atoms with E-state index in [2.05, 4.69) is 41.0 Å². The SMILES string of the molecule is CC1CN(c2ccc3ccccc3n2)CCN1CCCCN1C(=O)CC(C)(C)CC1=O. The summed E-state index contributed by atoms with van der Waals surface area (Å²) >= 11 is 0. The molecule has 1 unspecified atom stereocenters. The summed E-state index contributed by atoms with van der Waals surface area (Å²) in [5, 5.41) is 1.17. The van der Waals surface area contributed by atoms with Crippen LogP contribution in [0.3, 0.4) is 0 Å². The Bertz CT molecular complexity index is 937. The summed E-state index contributed by atoms with van der Waals surface area (Å²) < 4.78 is 0. The maximum absolute atomic E-state index is 12.3. The number of fused-ring (bicyclic) bond motifs is 1. The molecule has 4 rings (SSSR count). The third kappa shape index (κ3) is 5.06. The predicted octanol–water partition coefficient (Wildman–Crippen LogP) is 3.70. The minimum atomic E-state index is -0.195. The first-order chi connectivity index (χ1) is 14.8. The predicted molar refractivity (Wildman–Crippen MR) is 124 cm³/mol. The van der Waals surface area contributed by atoms with Crippen molar-refractivity contribution in [3.8, 4) is 0 Å². The van der Waals surface area contributed by atoms with Crippen LogP contribution < -0.4 is 4.90 Å². The molecular weight excluding hydrogens is 388 g/mol. The monoisotopic (exact) mass is 422 g/mol. The number of benzene rings is 1. The Morgan fingerprint density at radius 3 is 2.42 bits per heavy atom. The molecule has 2 saturated heterocycles. The highest BCUT2D eigenvalue weighted by Crippen LogP contribution is 2.31. The number of hydrogen-bond donors (Lipinski definition) is 0. The van der Waals surface area contributed by atoms with Gasteiger partial charge in [-0.1, -0.05) is 32.0 Å². The molecule has 0 aliphatic carbocycles. The normalized spacial score (nSPS) is 22.4. The number of piperidine rings is 1. The molecule has 31 heavy (non-hydrogen) atoms. The summed E-state index contributed by atoms with van der Waals surface area (Å²) in [5.41, 5.74) is 0.847. The van der Waals surface area contributed by atoms with E-state index in [0.717, 1.165) is 50.4 Å². The number of pyridine rings is 1. The molecule has 166 valence electrons.